The van der Waals surface area contributed by atoms with Crippen LogP contribution in [0.5, 0.6) is 0 Å². The summed E-state index contributed by atoms with van der Waals surface area (Å²) in [6.07, 6.45) is 1.80. The van der Waals surface area contributed by atoms with Gasteiger partial charge in [-0.2, -0.15) is 0 Å². The number of esters is 1. The standard InChI is InChI=1S/C11H9FO2/c1-2-3-10-9-6-7(12)4-5-8(9)11(13)14-10/h2,4-6,10H,1,3H2/t10-/m1/s1. The quantitative estimate of drug-likeness (QED) is 0.531. The third kappa shape index (κ3) is 1.31. The predicted molar refractivity (Wildman–Crippen MR) is 49.4 cm³/mol. The molecule has 1 atom stereocenters. The van der Waals surface area contributed by atoms with Crippen LogP contribution < -0.4 is 0 Å². The highest BCUT2D eigenvalue weighted by Crippen LogP contribution is 2.33. The topological polar surface area (TPSA) is 26.3 Å². The summed E-state index contributed by atoms with van der Waals surface area (Å²) in [7, 11) is 0. The number of ether oxygens (including phenoxy) is 1. The summed E-state index contributed by atoms with van der Waals surface area (Å²) in [4.78, 5) is 11.3. The first kappa shape index (κ1) is 8.94. The van der Waals surface area contributed by atoms with Crippen molar-refractivity contribution in [3.05, 3.63) is 47.8 Å². The van der Waals surface area contributed by atoms with Gasteiger partial charge >= 0.3 is 5.97 Å². The maximum Gasteiger partial charge on any atom is 0.339 e. The van der Waals surface area contributed by atoms with Gasteiger partial charge in [-0.25, -0.2) is 9.18 Å². The van der Waals surface area contributed by atoms with Gasteiger partial charge in [0.15, 0.2) is 0 Å². The average molecular weight is 192 g/mol. The Bertz CT molecular complexity index is 398. The first-order valence-electron chi connectivity index (χ1n) is 4.33. The maximum absolute atomic E-state index is 12.9. The van der Waals surface area contributed by atoms with E-state index < -0.39 is 0 Å². The second kappa shape index (κ2) is 3.25. The van der Waals surface area contributed by atoms with Gasteiger partial charge in [-0.3, -0.25) is 0 Å². The summed E-state index contributed by atoms with van der Waals surface area (Å²) in [5, 5.41) is 0. The van der Waals surface area contributed by atoms with Gasteiger partial charge in [0.25, 0.3) is 0 Å². The molecule has 0 spiro atoms. The Kier molecular flexibility index (Phi) is 2.08. The Morgan fingerprint density at radius 2 is 2.36 bits per heavy atom. The van der Waals surface area contributed by atoms with Crippen molar-refractivity contribution in [1.82, 2.24) is 0 Å². The van der Waals surface area contributed by atoms with E-state index in [1.54, 1.807) is 6.08 Å². The number of halogens is 1. The number of hydrogen-bond acceptors (Lipinski definition) is 2. The molecule has 72 valence electrons. The summed E-state index contributed by atoms with van der Waals surface area (Å²) < 4.78 is 18.0. The van der Waals surface area contributed by atoms with Crippen LogP contribution in [0.25, 0.3) is 0 Å². The molecule has 1 aromatic rings. The first-order valence-corrected chi connectivity index (χ1v) is 4.33. The average Bonchev–Trinajstić information content (AvgIpc) is 2.44. The Labute approximate surface area is 81.0 Å². The van der Waals surface area contributed by atoms with Gasteiger partial charge in [0.1, 0.15) is 11.9 Å². The van der Waals surface area contributed by atoms with Crippen LogP contribution in [-0.4, -0.2) is 5.97 Å². The van der Waals surface area contributed by atoms with E-state index in [0.29, 0.717) is 17.5 Å². The van der Waals surface area contributed by atoms with E-state index in [0.717, 1.165) is 0 Å². The van der Waals surface area contributed by atoms with E-state index in [4.69, 9.17) is 4.74 Å². The monoisotopic (exact) mass is 192 g/mol. The minimum atomic E-state index is -0.383. The zero-order valence-corrected chi connectivity index (χ0v) is 7.50. The third-order valence-electron chi connectivity index (χ3n) is 2.21. The van der Waals surface area contributed by atoms with Gasteiger partial charge in [-0.1, -0.05) is 6.08 Å². The second-order valence-electron chi connectivity index (χ2n) is 3.15. The van der Waals surface area contributed by atoms with Crippen molar-refractivity contribution in [2.75, 3.05) is 0 Å². The van der Waals surface area contributed by atoms with Gasteiger partial charge in [-0.15, -0.1) is 6.58 Å². The summed E-state index contributed by atoms with van der Waals surface area (Å²) >= 11 is 0. The Hall–Kier alpha value is -1.64. The lowest BCUT2D eigenvalue weighted by Gasteiger charge is -2.06. The maximum atomic E-state index is 12.9. The fourth-order valence-corrected chi connectivity index (χ4v) is 1.57. The third-order valence-corrected chi connectivity index (χ3v) is 2.21. The molecule has 0 N–H and O–H groups in total. The minimum Gasteiger partial charge on any atom is -0.454 e. The Morgan fingerprint density at radius 3 is 3.07 bits per heavy atom. The zero-order chi connectivity index (χ0) is 10.1. The predicted octanol–water partition coefficient (Wildman–Crippen LogP) is 2.61. The van der Waals surface area contributed by atoms with E-state index in [-0.39, 0.29) is 17.9 Å². The van der Waals surface area contributed by atoms with E-state index in [2.05, 4.69) is 6.58 Å². The molecule has 0 unspecified atom stereocenters. The van der Waals surface area contributed by atoms with Crippen molar-refractivity contribution in [1.29, 1.82) is 0 Å². The van der Waals surface area contributed by atoms with Gasteiger partial charge in [-0.05, 0) is 18.2 Å². The Morgan fingerprint density at radius 1 is 1.57 bits per heavy atom. The molecule has 2 nitrogen and oxygen atoms in total. The van der Waals surface area contributed by atoms with Crippen LogP contribution in [0.1, 0.15) is 28.4 Å². The lowest BCUT2D eigenvalue weighted by molar-refractivity contribution is 0.0392. The molecule has 1 heterocycles. The molecule has 1 aliphatic rings. The van der Waals surface area contributed by atoms with Crippen molar-refractivity contribution in [2.45, 2.75) is 12.5 Å². The molecule has 0 saturated heterocycles. The van der Waals surface area contributed by atoms with Gasteiger partial charge in [0, 0.05) is 12.0 Å². The second-order valence-corrected chi connectivity index (χ2v) is 3.15. The summed E-state index contributed by atoms with van der Waals surface area (Å²) in [5.74, 6) is -0.733. The number of hydrogen-bond donors (Lipinski definition) is 0. The lowest BCUT2D eigenvalue weighted by atomic mass is 10.0. The lowest BCUT2D eigenvalue weighted by Crippen LogP contribution is -1.96. The van der Waals surface area contributed by atoms with Crippen molar-refractivity contribution < 1.29 is 13.9 Å². The van der Waals surface area contributed by atoms with Gasteiger partial charge < -0.3 is 4.74 Å². The largest absolute Gasteiger partial charge is 0.454 e. The smallest absolute Gasteiger partial charge is 0.339 e. The highest BCUT2D eigenvalue weighted by molar-refractivity contribution is 5.94. The normalized spacial score (nSPS) is 18.9. The first-order chi connectivity index (χ1) is 6.72. The van der Waals surface area contributed by atoms with Crippen LogP contribution in [0, 0.1) is 5.82 Å². The molecule has 14 heavy (non-hydrogen) atoms. The van der Waals surface area contributed by atoms with E-state index in [9.17, 15) is 9.18 Å². The fraction of sp³-hybridized carbons (Fsp3) is 0.182. The molecule has 0 saturated carbocycles. The summed E-state index contributed by atoms with van der Waals surface area (Å²) in [6, 6.07) is 4.06. The number of carbonyl (C=O) groups is 1. The van der Waals surface area contributed by atoms with Crippen LogP contribution in [0.2, 0.25) is 0 Å². The number of cyclic esters (lactones) is 1. The number of carbonyl (C=O) groups excluding carboxylic acids is 1. The highest BCUT2D eigenvalue weighted by atomic mass is 19.1. The van der Waals surface area contributed by atoms with Gasteiger partial charge in [0.05, 0.1) is 5.56 Å². The highest BCUT2D eigenvalue weighted by Gasteiger charge is 2.30. The molecular formula is C11H9FO2. The van der Waals surface area contributed by atoms with Crippen molar-refractivity contribution in [3.63, 3.8) is 0 Å². The van der Waals surface area contributed by atoms with Crippen LogP contribution in [-0.2, 0) is 4.74 Å². The summed E-state index contributed by atoms with van der Waals surface area (Å²) in [5.41, 5.74) is 1.08. The SMILES string of the molecule is C=CC[C@H]1OC(=O)c2ccc(F)cc21. The number of fused-ring (bicyclic) bond motifs is 1. The fourth-order valence-electron chi connectivity index (χ4n) is 1.57. The van der Waals surface area contributed by atoms with E-state index in [1.807, 2.05) is 0 Å². The molecule has 1 aliphatic heterocycles. The van der Waals surface area contributed by atoms with Crippen molar-refractivity contribution >= 4 is 5.97 Å². The van der Waals surface area contributed by atoms with E-state index in [1.165, 1.54) is 18.2 Å². The molecule has 0 amide bonds. The molecule has 0 aliphatic carbocycles. The van der Waals surface area contributed by atoms with Crippen LogP contribution in [0.15, 0.2) is 30.9 Å². The van der Waals surface area contributed by atoms with Crippen molar-refractivity contribution in [2.24, 2.45) is 0 Å². The van der Waals surface area contributed by atoms with Crippen LogP contribution in [0.4, 0.5) is 4.39 Å². The van der Waals surface area contributed by atoms with Crippen LogP contribution >= 0.6 is 0 Å². The number of benzene rings is 1. The molecule has 0 aromatic heterocycles. The van der Waals surface area contributed by atoms with Crippen molar-refractivity contribution in [3.8, 4) is 0 Å². The Balaban J connectivity index is 2.45. The molecule has 2 rings (SSSR count). The molecule has 1 aromatic carbocycles. The molecule has 0 bridgehead atoms. The van der Waals surface area contributed by atoms with Gasteiger partial charge in [0.2, 0.25) is 0 Å². The molecule has 3 heteroatoms. The summed E-state index contributed by atoms with van der Waals surface area (Å²) in [6.45, 7) is 3.56. The molecular weight excluding hydrogens is 183 g/mol. The van der Waals surface area contributed by atoms with E-state index >= 15 is 0 Å². The van der Waals surface area contributed by atoms with Crippen LogP contribution in [0.3, 0.4) is 0 Å². The minimum absolute atomic E-state index is 0.351. The zero-order valence-electron chi connectivity index (χ0n) is 7.50. The molecule has 0 radical (unpaired) electrons. The molecule has 0 fully saturated rings. The number of rotatable bonds is 2.